The van der Waals surface area contributed by atoms with Crippen molar-refractivity contribution in [3.8, 4) is 0 Å². The molecule has 0 aliphatic carbocycles. The highest BCUT2D eigenvalue weighted by Gasteiger charge is 2.20. The first-order valence-corrected chi connectivity index (χ1v) is 29.2. The fourth-order valence-electron chi connectivity index (χ4n) is 7.91. The molecule has 0 saturated heterocycles. The standard InChI is InChI=1S/C56H108NO7P/c1-6-8-10-12-14-16-18-20-22-24-26-28-29-30-31-33-35-37-39-41-43-45-47-49-56(58)64-55(54-63-65(59,60)62-52-50-57(3,4)5)53-61-51-48-46-44-42-40-38-36-34-32-27-25-23-21-19-17-15-13-11-9-7-2/h18,20,24,26,29-30,55H,6-17,19,21-23,25,27-28,31-54H2,1-5H3/b20-18-,26-24-,30-29-. The second-order valence-electron chi connectivity index (χ2n) is 20.0. The van der Waals surface area contributed by atoms with E-state index < -0.39 is 13.9 Å². The van der Waals surface area contributed by atoms with Gasteiger partial charge >= 0.3 is 5.97 Å². The molecule has 0 spiro atoms. The van der Waals surface area contributed by atoms with Gasteiger partial charge in [0.1, 0.15) is 19.3 Å². The maximum Gasteiger partial charge on any atom is 0.306 e. The van der Waals surface area contributed by atoms with Crippen LogP contribution in [0.3, 0.4) is 0 Å². The number of esters is 1. The topological polar surface area (TPSA) is 94.1 Å². The third-order valence-electron chi connectivity index (χ3n) is 12.2. The molecule has 0 heterocycles. The molecule has 0 aromatic heterocycles. The summed E-state index contributed by atoms with van der Waals surface area (Å²) in [6, 6.07) is 0. The van der Waals surface area contributed by atoms with Gasteiger partial charge in [0.05, 0.1) is 34.4 Å². The summed E-state index contributed by atoms with van der Waals surface area (Å²) >= 11 is 0. The number of likely N-dealkylation sites (N-methyl/N-ethyl adjacent to an activating group) is 1. The van der Waals surface area contributed by atoms with Crippen LogP contribution in [0.1, 0.15) is 258 Å². The highest BCUT2D eigenvalue weighted by Crippen LogP contribution is 2.38. The number of carbonyl (C=O) groups excluding carboxylic acids is 1. The Labute approximate surface area is 404 Å². The highest BCUT2D eigenvalue weighted by molar-refractivity contribution is 7.45. The fourth-order valence-corrected chi connectivity index (χ4v) is 8.64. The summed E-state index contributed by atoms with van der Waals surface area (Å²) in [4.78, 5) is 25.2. The fraction of sp³-hybridized carbons (Fsp3) is 0.875. The largest absolute Gasteiger partial charge is 0.756 e. The number of ether oxygens (including phenoxy) is 2. The van der Waals surface area contributed by atoms with Gasteiger partial charge in [0.2, 0.25) is 0 Å². The van der Waals surface area contributed by atoms with E-state index in [4.69, 9.17) is 18.5 Å². The number of nitrogens with zero attached hydrogens (tertiary/aromatic N) is 1. The Morgan fingerprint density at radius 2 is 0.846 bits per heavy atom. The molecule has 0 bridgehead atoms. The Balaban J connectivity index is 4.10. The Kier molecular flexibility index (Phi) is 48.2. The van der Waals surface area contributed by atoms with Gasteiger partial charge in [0.25, 0.3) is 7.82 Å². The molecule has 384 valence electrons. The molecular weight excluding hydrogens is 830 g/mol. The second kappa shape index (κ2) is 49.2. The van der Waals surface area contributed by atoms with Gasteiger partial charge < -0.3 is 27.9 Å². The minimum Gasteiger partial charge on any atom is -0.756 e. The van der Waals surface area contributed by atoms with E-state index in [1.165, 1.54) is 186 Å². The molecule has 0 saturated carbocycles. The number of phosphoric acid groups is 1. The Hall–Kier alpha value is -1.28. The van der Waals surface area contributed by atoms with Crippen LogP contribution in [0.25, 0.3) is 0 Å². The summed E-state index contributed by atoms with van der Waals surface area (Å²) in [6.45, 7) is 5.44. The summed E-state index contributed by atoms with van der Waals surface area (Å²) in [5.74, 6) is -0.337. The first-order chi connectivity index (χ1) is 31.6. The van der Waals surface area contributed by atoms with E-state index in [1.807, 2.05) is 21.1 Å². The normalized spacial score (nSPS) is 13.8. The number of unbranched alkanes of at least 4 members (excludes halogenated alkanes) is 32. The quantitative estimate of drug-likeness (QED) is 0.0197. The molecule has 0 aromatic carbocycles. The average Bonchev–Trinajstić information content (AvgIpc) is 3.27. The number of phosphoric ester groups is 1. The minimum atomic E-state index is -4.53. The van der Waals surface area contributed by atoms with Crippen molar-refractivity contribution in [3.63, 3.8) is 0 Å². The molecule has 65 heavy (non-hydrogen) atoms. The summed E-state index contributed by atoms with van der Waals surface area (Å²) < 4.78 is 34.8. The van der Waals surface area contributed by atoms with Gasteiger partial charge in [-0.15, -0.1) is 0 Å². The maximum absolute atomic E-state index is 12.8. The van der Waals surface area contributed by atoms with E-state index in [1.54, 1.807) is 0 Å². The van der Waals surface area contributed by atoms with Crippen molar-refractivity contribution in [2.45, 2.75) is 264 Å². The number of carbonyl (C=O) groups is 1. The number of quaternary nitrogens is 1. The van der Waals surface area contributed by atoms with Crippen molar-refractivity contribution in [2.24, 2.45) is 0 Å². The third-order valence-corrected chi connectivity index (χ3v) is 13.2. The second-order valence-corrected chi connectivity index (χ2v) is 21.4. The Morgan fingerprint density at radius 1 is 0.477 bits per heavy atom. The van der Waals surface area contributed by atoms with Gasteiger partial charge in [-0.1, -0.05) is 237 Å². The monoisotopic (exact) mass is 938 g/mol. The van der Waals surface area contributed by atoms with Gasteiger partial charge in [-0.05, 0) is 51.4 Å². The lowest BCUT2D eigenvalue weighted by molar-refractivity contribution is -0.870. The van der Waals surface area contributed by atoms with Crippen LogP contribution in [-0.2, 0) is 27.9 Å². The van der Waals surface area contributed by atoms with Crippen LogP contribution in [0.4, 0.5) is 0 Å². The maximum atomic E-state index is 12.8. The van der Waals surface area contributed by atoms with Gasteiger partial charge in [-0.2, -0.15) is 0 Å². The highest BCUT2D eigenvalue weighted by atomic mass is 31.2. The lowest BCUT2D eigenvalue weighted by atomic mass is 10.0. The molecule has 2 atom stereocenters. The van der Waals surface area contributed by atoms with E-state index in [2.05, 4.69) is 50.3 Å². The van der Waals surface area contributed by atoms with Gasteiger partial charge in [-0.3, -0.25) is 9.36 Å². The lowest BCUT2D eigenvalue weighted by Gasteiger charge is -2.28. The molecular formula is C56H108NO7P. The first-order valence-electron chi connectivity index (χ1n) is 27.7. The van der Waals surface area contributed by atoms with E-state index in [9.17, 15) is 14.3 Å². The molecule has 0 aliphatic rings. The SMILES string of the molecule is CCCCCCC/C=C\C/C=C\C/C=C\CCCCCCCCCCC(=O)OC(COCCCCCCCCCCCCCCCCCCCCCC)COP(=O)([O-])OCC[N+](C)(C)C. The van der Waals surface area contributed by atoms with Crippen LogP contribution < -0.4 is 4.89 Å². The predicted octanol–water partition coefficient (Wildman–Crippen LogP) is 16.7. The van der Waals surface area contributed by atoms with Crippen LogP contribution in [-0.4, -0.2) is 70.7 Å². The number of rotatable bonds is 52. The van der Waals surface area contributed by atoms with Crippen molar-refractivity contribution in [3.05, 3.63) is 36.5 Å². The Morgan fingerprint density at radius 3 is 1.26 bits per heavy atom. The van der Waals surface area contributed by atoms with Crippen molar-refractivity contribution >= 4 is 13.8 Å². The third kappa shape index (κ3) is 53.5. The van der Waals surface area contributed by atoms with Crippen LogP contribution >= 0.6 is 7.82 Å². The number of allylic oxidation sites excluding steroid dienone is 6. The van der Waals surface area contributed by atoms with E-state index in [-0.39, 0.29) is 25.8 Å². The van der Waals surface area contributed by atoms with Crippen LogP contribution in [0.5, 0.6) is 0 Å². The van der Waals surface area contributed by atoms with Crippen molar-refractivity contribution < 1.29 is 37.3 Å². The predicted molar refractivity (Wildman–Crippen MR) is 277 cm³/mol. The zero-order valence-corrected chi connectivity index (χ0v) is 44.6. The van der Waals surface area contributed by atoms with Crippen LogP contribution in [0, 0.1) is 0 Å². The average molecular weight is 938 g/mol. The molecule has 0 amide bonds. The van der Waals surface area contributed by atoms with E-state index in [0.717, 1.165) is 51.4 Å². The smallest absolute Gasteiger partial charge is 0.306 e. The van der Waals surface area contributed by atoms with Crippen LogP contribution in [0.15, 0.2) is 36.5 Å². The van der Waals surface area contributed by atoms with Crippen LogP contribution in [0.2, 0.25) is 0 Å². The van der Waals surface area contributed by atoms with Gasteiger partial charge in [0, 0.05) is 13.0 Å². The van der Waals surface area contributed by atoms with Gasteiger partial charge in [-0.25, -0.2) is 0 Å². The molecule has 0 radical (unpaired) electrons. The van der Waals surface area contributed by atoms with E-state index in [0.29, 0.717) is 24.1 Å². The molecule has 0 fully saturated rings. The zero-order chi connectivity index (χ0) is 47.6. The molecule has 0 aromatic rings. The summed E-state index contributed by atoms with van der Waals surface area (Å²) in [5.41, 5.74) is 0. The summed E-state index contributed by atoms with van der Waals surface area (Å²) in [7, 11) is 1.36. The minimum absolute atomic E-state index is 0.0258. The molecule has 2 unspecified atom stereocenters. The number of hydrogen-bond acceptors (Lipinski definition) is 7. The number of hydrogen-bond donors (Lipinski definition) is 0. The molecule has 9 heteroatoms. The lowest BCUT2D eigenvalue weighted by Crippen LogP contribution is -2.37. The van der Waals surface area contributed by atoms with Crippen molar-refractivity contribution in [1.82, 2.24) is 0 Å². The van der Waals surface area contributed by atoms with Crippen molar-refractivity contribution in [1.29, 1.82) is 0 Å². The summed E-state index contributed by atoms with van der Waals surface area (Å²) in [5, 5.41) is 0. The first kappa shape index (κ1) is 63.7. The zero-order valence-electron chi connectivity index (χ0n) is 43.7. The molecule has 8 nitrogen and oxygen atoms in total. The molecule has 0 aliphatic heterocycles. The summed E-state index contributed by atoms with van der Waals surface area (Å²) in [6.07, 6.45) is 60.3. The van der Waals surface area contributed by atoms with E-state index >= 15 is 0 Å². The van der Waals surface area contributed by atoms with Gasteiger partial charge in [0.15, 0.2) is 0 Å². The van der Waals surface area contributed by atoms with Crippen molar-refractivity contribution in [2.75, 3.05) is 54.1 Å². The Bertz CT molecular complexity index is 1140. The molecule has 0 N–H and O–H groups in total. The molecule has 0 rings (SSSR count).